The third kappa shape index (κ3) is 5.43. The molecule has 3 N–H and O–H groups in total. The van der Waals surface area contributed by atoms with Crippen molar-refractivity contribution in [3.05, 3.63) is 42.0 Å². The standard InChI is InChI=1S/C21H28N2O6S/c1-6-29-18-12-15(22-21(25)20(24)13(2)3)10-11-19(18)30(26,27)23-16-8-7-9-17(28-5)14(16)4/h7-13,20,23-24H,6H2,1-5H3,(H,22,25)/t20-/m0/s1. The van der Waals surface area contributed by atoms with Crippen molar-refractivity contribution >= 4 is 27.3 Å². The number of sulfonamides is 1. The van der Waals surface area contributed by atoms with Gasteiger partial charge in [0, 0.05) is 17.3 Å². The van der Waals surface area contributed by atoms with Gasteiger partial charge >= 0.3 is 0 Å². The first-order valence-electron chi connectivity index (χ1n) is 9.52. The summed E-state index contributed by atoms with van der Waals surface area (Å²) in [5.41, 5.74) is 1.35. The maximum atomic E-state index is 13.0. The Labute approximate surface area is 177 Å². The van der Waals surface area contributed by atoms with Crippen molar-refractivity contribution in [2.24, 2.45) is 5.92 Å². The van der Waals surface area contributed by atoms with Gasteiger partial charge in [-0.3, -0.25) is 9.52 Å². The van der Waals surface area contributed by atoms with Gasteiger partial charge < -0.3 is 19.9 Å². The number of carbonyl (C=O) groups is 1. The van der Waals surface area contributed by atoms with Crippen LogP contribution in [0.2, 0.25) is 0 Å². The molecule has 0 radical (unpaired) electrons. The van der Waals surface area contributed by atoms with E-state index in [2.05, 4.69) is 10.0 Å². The van der Waals surface area contributed by atoms with Crippen LogP contribution in [0.5, 0.6) is 11.5 Å². The second-order valence-corrected chi connectivity index (χ2v) is 8.66. The van der Waals surface area contributed by atoms with Crippen LogP contribution in [0.3, 0.4) is 0 Å². The van der Waals surface area contributed by atoms with Crippen molar-refractivity contribution < 1.29 is 27.8 Å². The highest BCUT2D eigenvalue weighted by Crippen LogP contribution is 2.32. The first kappa shape index (κ1) is 23.5. The molecule has 9 heteroatoms. The van der Waals surface area contributed by atoms with E-state index in [0.717, 1.165) is 0 Å². The molecule has 0 fully saturated rings. The average molecular weight is 437 g/mol. The van der Waals surface area contributed by atoms with Crippen LogP contribution >= 0.6 is 0 Å². The first-order chi connectivity index (χ1) is 14.1. The molecule has 0 saturated carbocycles. The van der Waals surface area contributed by atoms with Crippen LogP contribution in [0.15, 0.2) is 41.3 Å². The number of nitrogens with one attached hydrogen (secondary N) is 2. The summed E-state index contributed by atoms with van der Waals surface area (Å²) < 4.78 is 39.3. The Bertz CT molecular complexity index is 1000. The van der Waals surface area contributed by atoms with Crippen LogP contribution in [-0.4, -0.2) is 39.3 Å². The van der Waals surface area contributed by atoms with Crippen LogP contribution in [0.1, 0.15) is 26.3 Å². The van der Waals surface area contributed by atoms with Crippen LogP contribution < -0.4 is 19.5 Å². The van der Waals surface area contributed by atoms with Gasteiger partial charge in [0.15, 0.2) is 0 Å². The minimum absolute atomic E-state index is 0.0750. The van der Waals surface area contributed by atoms with Crippen molar-refractivity contribution in [1.29, 1.82) is 0 Å². The van der Waals surface area contributed by atoms with Crippen LogP contribution in [0.25, 0.3) is 0 Å². The van der Waals surface area contributed by atoms with Crippen molar-refractivity contribution in [2.45, 2.75) is 38.7 Å². The molecule has 0 aromatic heterocycles. The van der Waals surface area contributed by atoms with Gasteiger partial charge in [-0.15, -0.1) is 0 Å². The summed E-state index contributed by atoms with van der Waals surface area (Å²) >= 11 is 0. The van der Waals surface area contributed by atoms with E-state index in [1.165, 1.54) is 25.3 Å². The van der Waals surface area contributed by atoms with E-state index >= 15 is 0 Å². The molecule has 0 aliphatic carbocycles. The number of methoxy groups -OCH3 is 1. The molecule has 1 atom stereocenters. The Morgan fingerprint density at radius 2 is 1.87 bits per heavy atom. The lowest BCUT2D eigenvalue weighted by Crippen LogP contribution is -2.31. The van der Waals surface area contributed by atoms with E-state index in [1.54, 1.807) is 45.9 Å². The monoisotopic (exact) mass is 436 g/mol. The molecule has 8 nitrogen and oxygen atoms in total. The van der Waals surface area contributed by atoms with E-state index in [-0.39, 0.29) is 23.2 Å². The number of hydrogen-bond acceptors (Lipinski definition) is 6. The Hall–Kier alpha value is -2.78. The summed E-state index contributed by atoms with van der Waals surface area (Å²) in [6, 6.07) is 9.27. The molecule has 164 valence electrons. The first-order valence-corrected chi connectivity index (χ1v) is 11.0. The van der Waals surface area contributed by atoms with Crippen LogP contribution in [0, 0.1) is 12.8 Å². The normalized spacial score (nSPS) is 12.4. The Morgan fingerprint density at radius 3 is 2.47 bits per heavy atom. The molecule has 0 aliphatic rings. The van der Waals surface area contributed by atoms with Crippen molar-refractivity contribution in [2.75, 3.05) is 23.8 Å². The van der Waals surface area contributed by atoms with Gasteiger partial charge in [0.05, 0.1) is 19.4 Å². The third-order valence-electron chi connectivity index (χ3n) is 4.45. The highest BCUT2D eigenvalue weighted by Gasteiger charge is 2.23. The molecule has 30 heavy (non-hydrogen) atoms. The second kappa shape index (κ2) is 9.82. The molecule has 0 unspecified atom stereocenters. The maximum Gasteiger partial charge on any atom is 0.265 e. The average Bonchev–Trinajstić information content (AvgIpc) is 2.69. The van der Waals surface area contributed by atoms with E-state index in [1.807, 2.05) is 0 Å². The molecule has 0 bridgehead atoms. The lowest BCUT2D eigenvalue weighted by molar-refractivity contribution is -0.125. The quantitative estimate of drug-likeness (QED) is 0.556. The van der Waals surface area contributed by atoms with Gasteiger partial charge in [-0.2, -0.15) is 0 Å². The summed E-state index contributed by atoms with van der Waals surface area (Å²) in [6.07, 6.45) is -1.18. The molecular formula is C21H28N2O6S. The molecule has 0 aliphatic heterocycles. The Morgan fingerprint density at radius 1 is 1.17 bits per heavy atom. The predicted molar refractivity (Wildman–Crippen MR) is 116 cm³/mol. The second-order valence-electron chi connectivity index (χ2n) is 7.01. The fourth-order valence-corrected chi connectivity index (χ4v) is 3.99. The summed E-state index contributed by atoms with van der Waals surface area (Å²) in [6.45, 7) is 7.14. The summed E-state index contributed by atoms with van der Waals surface area (Å²) in [7, 11) is -2.47. The summed E-state index contributed by atoms with van der Waals surface area (Å²) in [5, 5.41) is 12.5. The zero-order valence-corrected chi connectivity index (χ0v) is 18.5. The topological polar surface area (TPSA) is 114 Å². The lowest BCUT2D eigenvalue weighted by Gasteiger charge is -2.17. The molecular weight excluding hydrogens is 408 g/mol. The molecule has 2 aromatic rings. The van der Waals surface area contributed by atoms with Crippen LogP contribution in [-0.2, 0) is 14.8 Å². The Balaban J connectivity index is 2.37. The highest BCUT2D eigenvalue weighted by molar-refractivity contribution is 7.92. The molecule has 2 rings (SSSR count). The van der Waals surface area contributed by atoms with E-state index < -0.39 is 22.0 Å². The number of rotatable bonds is 9. The molecule has 0 saturated heterocycles. The molecule has 1 amide bonds. The molecule has 0 heterocycles. The number of aliphatic hydroxyl groups is 1. The summed E-state index contributed by atoms with van der Waals surface area (Å²) in [4.78, 5) is 12.0. The van der Waals surface area contributed by atoms with Crippen molar-refractivity contribution in [3.8, 4) is 11.5 Å². The number of aliphatic hydroxyl groups excluding tert-OH is 1. The van der Waals surface area contributed by atoms with E-state index in [0.29, 0.717) is 22.7 Å². The maximum absolute atomic E-state index is 13.0. The Kier molecular flexibility index (Phi) is 7.69. The number of hydrogen-bond donors (Lipinski definition) is 3. The number of benzene rings is 2. The SMILES string of the molecule is CCOc1cc(NC(=O)[C@@H](O)C(C)C)ccc1S(=O)(=O)Nc1cccc(OC)c1C. The largest absolute Gasteiger partial charge is 0.496 e. The number of amides is 1. The zero-order chi connectivity index (χ0) is 22.5. The lowest BCUT2D eigenvalue weighted by atomic mass is 10.1. The number of anilines is 2. The highest BCUT2D eigenvalue weighted by atomic mass is 32.2. The van der Waals surface area contributed by atoms with Gasteiger partial charge in [0.1, 0.15) is 22.5 Å². The van der Waals surface area contributed by atoms with Gasteiger partial charge in [-0.1, -0.05) is 19.9 Å². The van der Waals surface area contributed by atoms with Gasteiger partial charge in [0.2, 0.25) is 0 Å². The smallest absolute Gasteiger partial charge is 0.265 e. The molecule has 2 aromatic carbocycles. The number of carbonyl (C=O) groups excluding carboxylic acids is 1. The van der Waals surface area contributed by atoms with Crippen LogP contribution in [0.4, 0.5) is 11.4 Å². The minimum Gasteiger partial charge on any atom is -0.496 e. The third-order valence-corrected chi connectivity index (χ3v) is 5.85. The fourth-order valence-electron chi connectivity index (χ4n) is 2.74. The summed E-state index contributed by atoms with van der Waals surface area (Å²) in [5.74, 6) is -0.191. The van der Waals surface area contributed by atoms with Gasteiger partial charge in [-0.25, -0.2) is 8.42 Å². The van der Waals surface area contributed by atoms with Gasteiger partial charge in [-0.05, 0) is 44.0 Å². The van der Waals surface area contributed by atoms with Crippen molar-refractivity contribution in [3.63, 3.8) is 0 Å². The molecule has 0 spiro atoms. The van der Waals surface area contributed by atoms with E-state index in [9.17, 15) is 18.3 Å². The van der Waals surface area contributed by atoms with Gasteiger partial charge in [0.25, 0.3) is 15.9 Å². The van der Waals surface area contributed by atoms with Crippen molar-refractivity contribution in [1.82, 2.24) is 0 Å². The minimum atomic E-state index is -3.98. The number of ether oxygens (including phenoxy) is 2. The predicted octanol–water partition coefficient (Wildman–Crippen LogP) is 3.16. The van der Waals surface area contributed by atoms with E-state index in [4.69, 9.17) is 9.47 Å². The zero-order valence-electron chi connectivity index (χ0n) is 17.7. The fraction of sp³-hybridized carbons (Fsp3) is 0.381.